The third kappa shape index (κ3) is 4.12. The maximum Gasteiger partial charge on any atom is 0.240 e. The van der Waals surface area contributed by atoms with Crippen molar-refractivity contribution in [2.24, 2.45) is 5.92 Å². The van der Waals surface area contributed by atoms with Gasteiger partial charge in [-0.1, -0.05) is 50.6 Å². The molecule has 0 saturated carbocycles. The molecule has 0 unspecified atom stereocenters. The molecule has 1 aromatic rings. The van der Waals surface area contributed by atoms with Crippen molar-refractivity contribution < 1.29 is 19.5 Å². The smallest absolute Gasteiger partial charge is 0.240 e. The lowest BCUT2D eigenvalue weighted by Crippen LogP contribution is -2.44. The summed E-state index contributed by atoms with van der Waals surface area (Å²) in [6, 6.07) is 8.94. The van der Waals surface area contributed by atoms with Crippen LogP contribution in [-0.4, -0.2) is 46.9 Å². The molecule has 1 aliphatic rings. The van der Waals surface area contributed by atoms with Gasteiger partial charge in [0.15, 0.2) is 0 Å². The number of imide groups is 1. The van der Waals surface area contributed by atoms with E-state index in [2.05, 4.69) is 5.32 Å². The first-order valence-electron chi connectivity index (χ1n) is 9.14. The molecule has 3 amide bonds. The third-order valence-corrected chi connectivity index (χ3v) is 5.37. The molecule has 2 N–H and O–H groups in total. The monoisotopic (exact) mass is 360 g/mol. The Morgan fingerprint density at radius 2 is 1.96 bits per heavy atom. The summed E-state index contributed by atoms with van der Waals surface area (Å²) in [4.78, 5) is 38.5. The second-order valence-electron chi connectivity index (χ2n) is 7.22. The molecule has 1 heterocycles. The van der Waals surface area contributed by atoms with Crippen molar-refractivity contribution in [1.82, 2.24) is 10.2 Å². The van der Waals surface area contributed by atoms with Gasteiger partial charge >= 0.3 is 0 Å². The van der Waals surface area contributed by atoms with Gasteiger partial charge in [-0.15, -0.1) is 0 Å². The summed E-state index contributed by atoms with van der Waals surface area (Å²) in [6.45, 7) is 5.65. The standard InChI is InChI=1S/C20H28N2O4/c1-4-14(2)16(13-23)21-17(24)10-11-22-18(25)12-20(3,19(22)26)15-8-6-5-7-9-15/h5-9,14,16,23H,4,10-13H2,1-3H3,(H,21,24)/t14-,16-,20+/m1/s1. The van der Waals surface area contributed by atoms with E-state index in [-0.39, 0.29) is 55.7 Å². The molecular formula is C20H28N2O4. The zero-order valence-electron chi connectivity index (χ0n) is 15.7. The second kappa shape index (κ2) is 8.45. The second-order valence-corrected chi connectivity index (χ2v) is 7.22. The number of aliphatic hydroxyl groups is 1. The van der Waals surface area contributed by atoms with E-state index in [1.54, 1.807) is 6.92 Å². The number of carbonyl (C=O) groups excluding carboxylic acids is 3. The lowest BCUT2D eigenvalue weighted by Gasteiger charge is -2.24. The van der Waals surface area contributed by atoms with Gasteiger partial charge in [0, 0.05) is 19.4 Å². The van der Waals surface area contributed by atoms with Crippen molar-refractivity contribution in [2.45, 2.75) is 51.5 Å². The van der Waals surface area contributed by atoms with Gasteiger partial charge in [0.05, 0.1) is 18.1 Å². The topological polar surface area (TPSA) is 86.7 Å². The van der Waals surface area contributed by atoms with Crippen molar-refractivity contribution in [3.63, 3.8) is 0 Å². The molecule has 1 aliphatic heterocycles. The molecule has 1 aromatic carbocycles. The number of hydrogen-bond acceptors (Lipinski definition) is 4. The number of nitrogens with zero attached hydrogens (tertiary/aromatic N) is 1. The molecule has 6 heteroatoms. The number of benzene rings is 1. The van der Waals surface area contributed by atoms with E-state index in [0.717, 1.165) is 12.0 Å². The Labute approximate surface area is 154 Å². The van der Waals surface area contributed by atoms with Crippen molar-refractivity contribution in [1.29, 1.82) is 0 Å². The van der Waals surface area contributed by atoms with Crippen LogP contribution < -0.4 is 5.32 Å². The van der Waals surface area contributed by atoms with E-state index in [9.17, 15) is 19.5 Å². The molecule has 2 rings (SSSR count). The lowest BCUT2D eigenvalue weighted by atomic mass is 9.81. The Morgan fingerprint density at radius 1 is 1.31 bits per heavy atom. The largest absolute Gasteiger partial charge is 0.394 e. The molecule has 0 bridgehead atoms. The highest BCUT2D eigenvalue weighted by Crippen LogP contribution is 2.36. The Balaban J connectivity index is 1.99. The number of likely N-dealkylation sites (tertiary alicyclic amines) is 1. The van der Waals surface area contributed by atoms with Gasteiger partial charge < -0.3 is 10.4 Å². The minimum Gasteiger partial charge on any atom is -0.394 e. The molecule has 26 heavy (non-hydrogen) atoms. The summed E-state index contributed by atoms with van der Waals surface area (Å²) in [7, 11) is 0. The van der Waals surface area contributed by atoms with E-state index in [1.807, 2.05) is 44.2 Å². The summed E-state index contributed by atoms with van der Waals surface area (Å²) in [5, 5.41) is 12.2. The molecule has 0 aliphatic carbocycles. The fourth-order valence-corrected chi connectivity index (χ4v) is 3.29. The van der Waals surface area contributed by atoms with Gasteiger partial charge in [0.1, 0.15) is 0 Å². The van der Waals surface area contributed by atoms with E-state index < -0.39 is 5.41 Å². The highest BCUT2D eigenvalue weighted by atomic mass is 16.3. The number of amides is 3. The number of rotatable bonds is 8. The predicted octanol–water partition coefficient (Wildman–Crippen LogP) is 1.62. The summed E-state index contributed by atoms with van der Waals surface area (Å²) in [5.74, 6) is -0.629. The third-order valence-electron chi connectivity index (χ3n) is 5.37. The van der Waals surface area contributed by atoms with Crippen LogP contribution in [0.1, 0.15) is 45.6 Å². The molecule has 6 nitrogen and oxygen atoms in total. The summed E-state index contributed by atoms with van der Waals surface area (Å²) >= 11 is 0. The predicted molar refractivity (Wildman–Crippen MR) is 98.2 cm³/mol. The van der Waals surface area contributed by atoms with Crippen LogP contribution in [0.5, 0.6) is 0 Å². The van der Waals surface area contributed by atoms with Crippen molar-refractivity contribution in [2.75, 3.05) is 13.2 Å². The van der Waals surface area contributed by atoms with Crippen LogP contribution in [0, 0.1) is 5.92 Å². The molecule has 0 aromatic heterocycles. The maximum absolute atomic E-state index is 12.8. The summed E-state index contributed by atoms with van der Waals surface area (Å²) in [6.07, 6.45) is 0.989. The number of hydrogen-bond donors (Lipinski definition) is 2. The van der Waals surface area contributed by atoms with E-state index >= 15 is 0 Å². The van der Waals surface area contributed by atoms with Crippen LogP contribution in [0.2, 0.25) is 0 Å². The Morgan fingerprint density at radius 3 is 2.54 bits per heavy atom. The highest BCUT2D eigenvalue weighted by Gasteiger charge is 2.49. The zero-order valence-corrected chi connectivity index (χ0v) is 15.7. The van der Waals surface area contributed by atoms with Gasteiger partial charge in [-0.2, -0.15) is 0 Å². The Bertz CT molecular complexity index is 661. The zero-order chi connectivity index (χ0) is 19.3. The summed E-state index contributed by atoms with van der Waals surface area (Å²) in [5.41, 5.74) is -0.0680. The molecule has 142 valence electrons. The fraction of sp³-hybridized carbons (Fsp3) is 0.550. The van der Waals surface area contributed by atoms with Crippen LogP contribution >= 0.6 is 0 Å². The van der Waals surface area contributed by atoms with Crippen molar-refractivity contribution in [3.8, 4) is 0 Å². The van der Waals surface area contributed by atoms with E-state index in [0.29, 0.717) is 0 Å². The van der Waals surface area contributed by atoms with Crippen molar-refractivity contribution >= 4 is 17.7 Å². The molecule has 1 saturated heterocycles. The van der Waals surface area contributed by atoms with Crippen LogP contribution in [-0.2, 0) is 19.8 Å². The first-order chi connectivity index (χ1) is 12.3. The first-order valence-corrected chi connectivity index (χ1v) is 9.14. The lowest BCUT2D eigenvalue weighted by molar-refractivity contribution is -0.140. The number of nitrogens with one attached hydrogen (secondary N) is 1. The van der Waals surface area contributed by atoms with Gasteiger partial charge in [-0.3, -0.25) is 19.3 Å². The van der Waals surface area contributed by atoms with Gasteiger partial charge in [0.25, 0.3) is 0 Å². The molecule has 0 radical (unpaired) electrons. The molecule has 1 fully saturated rings. The average Bonchev–Trinajstić information content (AvgIpc) is 2.87. The fourth-order valence-electron chi connectivity index (χ4n) is 3.29. The van der Waals surface area contributed by atoms with Crippen LogP contribution in [0.25, 0.3) is 0 Å². The first kappa shape index (κ1) is 20.1. The highest BCUT2D eigenvalue weighted by molar-refractivity contribution is 6.09. The maximum atomic E-state index is 12.8. The molecular weight excluding hydrogens is 332 g/mol. The SMILES string of the molecule is CC[C@@H](C)[C@@H](CO)NC(=O)CCN1C(=O)C[C@@](C)(c2ccccc2)C1=O. The Hall–Kier alpha value is -2.21. The molecule has 3 atom stereocenters. The minimum atomic E-state index is -0.876. The molecule has 0 spiro atoms. The van der Waals surface area contributed by atoms with Crippen LogP contribution in [0.3, 0.4) is 0 Å². The van der Waals surface area contributed by atoms with Crippen LogP contribution in [0.15, 0.2) is 30.3 Å². The Kier molecular flexibility index (Phi) is 6.53. The normalized spacial score (nSPS) is 22.4. The quantitative estimate of drug-likeness (QED) is 0.690. The van der Waals surface area contributed by atoms with Crippen LogP contribution in [0.4, 0.5) is 0 Å². The van der Waals surface area contributed by atoms with Gasteiger partial charge in [0.2, 0.25) is 17.7 Å². The number of carbonyl (C=O) groups is 3. The van der Waals surface area contributed by atoms with Gasteiger partial charge in [-0.05, 0) is 18.4 Å². The van der Waals surface area contributed by atoms with E-state index in [4.69, 9.17) is 0 Å². The van der Waals surface area contributed by atoms with Crippen molar-refractivity contribution in [3.05, 3.63) is 35.9 Å². The summed E-state index contributed by atoms with van der Waals surface area (Å²) < 4.78 is 0. The van der Waals surface area contributed by atoms with E-state index in [1.165, 1.54) is 4.90 Å². The minimum absolute atomic E-state index is 0.0370. The average molecular weight is 360 g/mol. The number of aliphatic hydroxyl groups excluding tert-OH is 1. The van der Waals surface area contributed by atoms with Gasteiger partial charge in [-0.25, -0.2) is 0 Å².